The highest BCUT2D eigenvalue weighted by atomic mass is 127. The van der Waals surface area contributed by atoms with E-state index in [2.05, 4.69) is 22.6 Å². The topological polar surface area (TPSA) is 55.8 Å². The zero-order valence-electron chi connectivity index (χ0n) is 17.3. The summed E-state index contributed by atoms with van der Waals surface area (Å²) in [7, 11) is 3.30. The number of fused-ring (bicyclic) bond motifs is 1. The van der Waals surface area contributed by atoms with E-state index in [4.69, 9.17) is 26.2 Å². The van der Waals surface area contributed by atoms with Gasteiger partial charge in [-0.1, -0.05) is 34.7 Å². The molecule has 0 fully saturated rings. The molecule has 1 aliphatic rings. The number of carbonyl (C=O) groups excluding carboxylic acids is 1. The van der Waals surface area contributed by atoms with Crippen molar-refractivity contribution in [1.82, 2.24) is 0 Å². The molecule has 29 heavy (non-hydrogen) atoms. The summed E-state index contributed by atoms with van der Waals surface area (Å²) < 4.78 is 10.5. The van der Waals surface area contributed by atoms with Gasteiger partial charge in [0.25, 0.3) is 0 Å². The summed E-state index contributed by atoms with van der Waals surface area (Å²) in [5.74, 6) is 2.33. The number of alkyl halides is 2. The number of carbonyl (C=O) groups is 1. The van der Waals surface area contributed by atoms with Crippen LogP contribution in [0.2, 0.25) is 0 Å². The Morgan fingerprint density at radius 3 is 2.21 bits per heavy atom. The molecule has 0 aromatic heterocycles. The van der Waals surface area contributed by atoms with Crippen molar-refractivity contribution in [2.45, 2.75) is 31.6 Å². The number of hydrogen-bond acceptors (Lipinski definition) is 4. The van der Waals surface area contributed by atoms with Gasteiger partial charge < -0.3 is 14.6 Å². The molecule has 4 nitrogen and oxygen atoms in total. The van der Waals surface area contributed by atoms with Gasteiger partial charge in [-0.15, -0.1) is 11.6 Å². The summed E-state index contributed by atoms with van der Waals surface area (Å²) in [5.41, 5.74) is 2.99. The lowest BCUT2D eigenvalue weighted by atomic mass is 9.88. The molecular formula is C23H30ClIO4. The Kier molecular flexibility index (Phi) is 13.0. The van der Waals surface area contributed by atoms with Crippen molar-refractivity contribution < 1.29 is 19.4 Å². The third kappa shape index (κ3) is 7.79. The zero-order chi connectivity index (χ0) is 21.6. The van der Waals surface area contributed by atoms with E-state index in [1.165, 1.54) is 0 Å². The molecule has 0 radical (unpaired) electrons. The summed E-state index contributed by atoms with van der Waals surface area (Å²) in [6, 6.07) is 13.6. The molecule has 1 aliphatic carbocycles. The standard InChI is InChI=1S/C19H20O3.C3H7ClO.CH3I/c1-21-15-8-6-13(7-9-15)17-5-3-4-14-12-16(22-2)10-11-18(14)19(17)20;4-2-1-3-5;1-2/h6-12,17H,3-5H2,1-2H3;5H,1-3H2;1H3. The van der Waals surface area contributed by atoms with Crippen molar-refractivity contribution in [3.8, 4) is 11.5 Å². The van der Waals surface area contributed by atoms with Crippen LogP contribution in [0.4, 0.5) is 0 Å². The van der Waals surface area contributed by atoms with Gasteiger partial charge in [-0.3, -0.25) is 4.79 Å². The number of aryl methyl sites for hydroxylation is 1. The van der Waals surface area contributed by atoms with Gasteiger partial charge in [0, 0.05) is 24.0 Å². The number of aliphatic hydroxyl groups excluding tert-OH is 1. The summed E-state index contributed by atoms with van der Waals surface area (Å²) in [6.45, 7) is 0.212. The van der Waals surface area contributed by atoms with E-state index in [0.29, 0.717) is 12.3 Å². The summed E-state index contributed by atoms with van der Waals surface area (Å²) in [4.78, 5) is 14.9. The molecule has 1 N–H and O–H groups in total. The average Bonchev–Trinajstić information content (AvgIpc) is 2.94. The van der Waals surface area contributed by atoms with E-state index in [9.17, 15) is 4.79 Å². The molecule has 160 valence electrons. The number of benzene rings is 2. The van der Waals surface area contributed by atoms with Crippen LogP contribution in [-0.2, 0) is 6.42 Å². The van der Waals surface area contributed by atoms with Gasteiger partial charge in [-0.2, -0.15) is 0 Å². The number of methoxy groups -OCH3 is 2. The number of Topliss-reactive ketones (excluding diaryl/α,β-unsaturated/α-hetero) is 1. The van der Waals surface area contributed by atoms with Crippen LogP contribution in [0.25, 0.3) is 0 Å². The fourth-order valence-corrected chi connectivity index (χ4v) is 3.29. The summed E-state index contributed by atoms with van der Waals surface area (Å²) in [6.07, 6.45) is 3.51. The van der Waals surface area contributed by atoms with E-state index in [0.717, 1.165) is 47.5 Å². The maximum absolute atomic E-state index is 12.9. The predicted octanol–water partition coefficient (Wildman–Crippen LogP) is 5.67. The Balaban J connectivity index is 0.000000527. The van der Waals surface area contributed by atoms with Gasteiger partial charge in [0.2, 0.25) is 0 Å². The van der Waals surface area contributed by atoms with E-state index >= 15 is 0 Å². The van der Waals surface area contributed by atoms with Crippen molar-refractivity contribution in [2.75, 3.05) is 31.6 Å². The SMILES string of the molecule is CI.COc1ccc(C2CCCc3cc(OC)ccc3C2=O)cc1.OCCCCl. The highest BCUT2D eigenvalue weighted by Crippen LogP contribution is 2.33. The van der Waals surface area contributed by atoms with Crippen LogP contribution in [0.15, 0.2) is 42.5 Å². The van der Waals surface area contributed by atoms with Gasteiger partial charge in [0.1, 0.15) is 11.5 Å². The molecule has 2 aromatic carbocycles. The first-order valence-corrected chi connectivity index (χ1v) is 12.2. The second kappa shape index (κ2) is 14.6. The molecule has 1 unspecified atom stereocenters. The summed E-state index contributed by atoms with van der Waals surface area (Å²) in [5, 5.41) is 7.98. The lowest BCUT2D eigenvalue weighted by Crippen LogP contribution is -2.12. The largest absolute Gasteiger partial charge is 0.497 e. The van der Waals surface area contributed by atoms with Gasteiger partial charge >= 0.3 is 0 Å². The maximum Gasteiger partial charge on any atom is 0.170 e. The molecule has 0 spiro atoms. The average molecular weight is 533 g/mol. The lowest BCUT2D eigenvalue weighted by molar-refractivity contribution is 0.0957. The molecule has 0 aliphatic heterocycles. The van der Waals surface area contributed by atoms with Crippen molar-refractivity contribution in [3.05, 3.63) is 59.2 Å². The van der Waals surface area contributed by atoms with Crippen molar-refractivity contribution in [1.29, 1.82) is 0 Å². The first-order chi connectivity index (χ1) is 14.1. The van der Waals surface area contributed by atoms with Crippen LogP contribution >= 0.6 is 34.2 Å². The van der Waals surface area contributed by atoms with Crippen molar-refractivity contribution in [3.63, 3.8) is 0 Å². The smallest absolute Gasteiger partial charge is 0.170 e. The molecule has 0 saturated heterocycles. The van der Waals surface area contributed by atoms with Gasteiger partial charge in [0.15, 0.2) is 5.78 Å². The van der Waals surface area contributed by atoms with Gasteiger partial charge in [-0.25, -0.2) is 0 Å². The minimum atomic E-state index is -0.0689. The molecule has 6 heteroatoms. The van der Waals surface area contributed by atoms with Crippen LogP contribution in [0.3, 0.4) is 0 Å². The third-order valence-electron chi connectivity index (χ3n) is 4.64. The van der Waals surface area contributed by atoms with Crippen LogP contribution in [0.5, 0.6) is 11.5 Å². The zero-order valence-corrected chi connectivity index (χ0v) is 20.2. The summed E-state index contributed by atoms with van der Waals surface area (Å²) >= 11 is 7.29. The normalized spacial score (nSPS) is 15.0. The second-order valence-electron chi connectivity index (χ2n) is 6.37. The van der Waals surface area contributed by atoms with Crippen LogP contribution in [0.1, 0.15) is 46.7 Å². The van der Waals surface area contributed by atoms with Crippen molar-refractivity contribution in [2.24, 2.45) is 0 Å². The molecule has 3 rings (SSSR count). The minimum Gasteiger partial charge on any atom is -0.497 e. The number of halogens is 2. The Morgan fingerprint density at radius 1 is 1.07 bits per heavy atom. The fourth-order valence-electron chi connectivity index (χ4n) is 3.17. The second-order valence-corrected chi connectivity index (χ2v) is 6.75. The monoisotopic (exact) mass is 532 g/mol. The number of aliphatic hydroxyl groups is 1. The Labute approximate surface area is 192 Å². The number of ether oxygens (including phenoxy) is 2. The highest BCUT2D eigenvalue weighted by molar-refractivity contribution is 14.1. The molecule has 0 heterocycles. The molecule has 0 bridgehead atoms. The molecule has 1 atom stereocenters. The van der Waals surface area contributed by atoms with Crippen molar-refractivity contribution >= 4 is 40.0 Å². The van der Waals surface area contributed by atoms with E-state index < -0.39 is 0 Å². The molecule has 0 saturated carbocycles. The Hall–Kier alpha value is -1.31. The first kappa shape index (κ1) is 25.7. The predicted molar refractivity (Wildman–Crippen MR) is 128 cm³/mol. The third-order valence-corrected chi connectivity index (χ3v) is 4.91. The van der Waals surface area contributed by atoms with E-state index in [1.54, 1.807) is 14.2 Å². The molecule has 0 amide bonds. The maximum atomic E-state index is 12.9. The van der Waals surface area contributed by atoms with Gasteiger partial charge in [0.05, 0.1) is 14.2 Å². The lowest BCUT2D eigenvalue weighted by Gasteiger charge is -2.15. The van der Waals surface area contributed by atoms with Crippen LogP contribution in [-0.4, -0.2) is 42.5 Å². The fraction of sp³-hybridized carbons (Fsp3) is 0.435. The number of ketones is 1. The molecular weight excluding hydrogens is 503 g/mol. The Bertz CT molecular complexity index is 732. The minimum absolute atomic E-state index is 0.0689. The van der Waals surface area contributed by atoms with E-state index in [-0.39, 0.29) is 18.3 Å². The van der Waals surface area contributed by atoms with Crippen LogP contribution < -0.4 is 9.47 Å². The highest BCUT2D eigenvalue weighted by Gasteiger charge is 2.27. The first-order valence-electron chi connectivity index (χ1n) is 9.54. The molecule has 2 aromatic rings. The van der Waals surface area contributed by atoms with E-state index in [1.807, 2.05) is 47.4 Å². The van der Waals surface area contributed by atoms with Crippen LogP contribution in [0, 0.1) is 0 Å². The van der Waals surface area contributed by atoms with Gasteiger partial charge in [-0.05, 0) is 72.1 Å². The Morgan fingerprint density at radius 2 is 1.69 bits per heavy atom. The quantitative estimate of drug-likeness (QED) is 0.306. The number of hydrogen-bond donors (Lipinski definition) is 1. The number of rotatable bonds is 5.